The Morgan fingerprint density at radius 3 is 2.47 bits per heavy atom. The summed E-state index contributed by atoms with van der Waals surface area (Å²) in [5.41, 5.74) is 1.01. The summed E-state index contributed by atoms with van der Waals surface area (Å²) in [6, 6.07) is 6.59. The summed E-state index contributed by atoms with van der Waals surface area (Å²) in [6.45, 7) is -1.47. The van der Waals surface area contributed by atoms with Gasteiger partial charge in [0, 0.05) is 13.1 Å². The average Bonchev–Trinajstić information content (AvgIpc) is 3.14. The molecule has 1 saturated carbocycles. The van der Waals surface area contributed by atoms with Crippen LogP contribution in [0.3, 0.4) is 0 Å². The first-order valence-corrected chi connectivity index (χ1v) is 6.45. The van der Waals surface area contributed by atoms with Gasteiger partial charge in [-0.25, -0.2) is 0 Å². The van der Waals surface area contributed by atoms with Gasteiger partial charge >= 0.3 is 6.61 Å². The van der Waals surface area contributed by atoms with E-state index in [1.165, 1.54) is 12.1 Å². The zero-order valence-corrected chi connectivity index (χ0v) is 10.9. The first-order chi connectivity index (χ1) is 9.04. The fourth-order valence-electron chi connectivity index (χ4n) is 2.10. The van der Waals surface area contributed by atoms with Crippen LogP contribution in [0.1, 0.15) is 18.4 Å². The third-order valence-electron chi connectivity index (χ3n) is 3.27. The Balaban J connectivity index is 1.80. The second kappa shape index (κ2) is 6.30. The SMILES string of the molecule is CN(Cc1ccc(OC(F)F)cc1)CC(O)C1CC1. The van der Waals surface area contributed by atoms with Crippen molar-refractivity contribution >= 4 is 0 Å². The van der Waals surface area contributed by atoms with Gasteiger partial charge in [0.2, 0.25) is 0 Å². The van der Waals surface area contributed by atoms with Crippen LogP contribution >= 0.6 is 0 Å². The molecule has 1 atom stereocenters. The highest BCUT2D eigenvalue weighted by molar-refractivity contribution is 5.27. The molecule has 0 aromatic heterocycles. The summed E-state index contributed by atoms with van der Waals surface area (Å²) in [4.78, 5) is 2.03. The summed E-state index contributed by atoms with van der Waals surface area (Å²) < 4.78 is 28.3. The lowest BCUT2D eigenvalue weighted by atomic mass is 10.2. The number of likely N-dealkylation sites (N-methyl/N-ethyl adjacent to an activating group) is 1. The Morgan fingerprint density at radius 1 is 1.32 bits per heavy atom. The quantitative estimate of drug-likeness (QED) is 0.827. The van der Waals surface area contributed by atoms with E-state index in [9.17, 15) is 13.9 Å². The van der Waals surface area contributed by atoms with Crippen LogP contribution in [0.4, 0.5) is 8.78 Å². The zero-order chi connectivity index (χ0) is 13.8. The maximum atomic E-state index is 12.0. The van der Waals surface area contributed by atoms with E-state index in [0.717, 1.165) is 18.4 Å². The van der Waals surface area contributed by atoms with E-state index in [1.807, 2.05) is 11.9 Å². The smallest absolute Gasteiger partial charge is 0.387 e. The van der Waals surface area contributed by atoms with Gasteiger partial charge in [0.15, 0.2) is 0 Å². The lowest BCUT2D eigenvalue weighted by molar-refractivity contribution is -0.0498. The predicted octanol–water partition coefficient (Wildman–Crippen LogP) is 2.49. The molecule has 1 unspecified atom stereocenters. The van der Waals surface area contributed by atoms with Gasteiger partial charge in [0.1, 0.15) is 5.75 Å². The molecule has 0 heterocycles. The van der Waals surface area contributed by atoms with Crippen molar-refractivity contribution < 1.29 is 18.6 Å². The van der Waals surface area contributed by atoms with Crippen molar-refractivity contribution in [3.8, 4) is 5.75 Å². The number of aliphatic hydroxyl groups is 1. The van der Waals surface area contributed by atoms with Gasteiger partial charge in [-0.05, 0) is 43.5 Å². The molecule has 0 aliphatic heterocycles. The highest BCUT2D eigenvalue weighted by Crippen LogP contribution is 2.32. The number of halogens is 2. The molecule has 1 fully saturated rings. The summed E-state index contributed by atoms with van der Waals surface area (Å²) in [5.74, 6) is 0.628. The van der Waals surface area contributed by atoms with E-state index in [-0.39, 0.29) is 11.9 Å². The van der Waals surface area contributed by atoms with Crippen LogP contribution in [0.15, 0.2) is 24.3 Å². The standard InChI is InChI=1S/C14H19F2NO2/c1-17(9-13(18)11-4-5-11)8-10-2-6-12(7-3-10)19-14(15)16/h2-3,6-7,11,13-14,18H,4-5,8-9H2,1H3. The molecule has 0 radical (unpaired) electrons. The second-order valence-electron chi connectivity index (χ2n) is 5.12. The van der Waals surface area contributed by atoms with Crippen molar-refractivity contribution in [1.29, 1.82) is 0 Å². The van der Waals surface area contributed by atoms with Crippen LogP contribution in [0, 0.1) is 5.92 Å². The fourth-order valence-corrected chi connectivity index (χ4v) is 2.10. The van der Waals surface area contributed by atoms with Crippen molar-refractivity contribution in [2.24, 2.45) is 5.92 Å². The van der Waals surface area contributed by atoms with E-state index < -0.39 is 6.61 Å². The third-order valence-corrected chi connectivity index (χ3v) is 3.27. The summed E-state index contributed by atoms with van der Waals surface area (Å²) >= 11 is 0. The average molecular weight is 271 g/mol. The first-order valence-electron chi connectivity index (χ1n) is 6.45. The lowest BCUT2D eigenvalue weighted by Crippen LogP contribution is -2.30. The molecule has 1 aromatic rings. The highest BCUT2D eigenvalue weighted by atomic mass is 19.3. The molecule has 1 aliphatic rings. The van der Waals surface area contributed by atoms with Gasteiger partial charge in [-0.2, -0.15) is 8.78 Å². The van der Waals surface area contributed by atoms with Crippen LogP contribution in [-0.2, 0) is 6.54 Å². The molecular formula is C14H19F2NO2. The van der Waals surface area contributed by atoms with Crippen LogP contribution in [0.25, 0.3) is 0 Å². The highest BCUT2D eigenvalue weighted by Gasteiger charge is 2.30. The van der Waals surface area contributed by atoms with E-state index in [1.54, 1.807) is 12.1 Å². The Bertz CT molecular complexity index is 393. The molecule has 1 aromatic carbocycles. The van der Waals surface area contributed by atoms with Crippen molar-refractivity contribution in [1.82, 2.24) is 4.90 Å². The number of hydrogen-bond donors (Lipinski definition) is 1. The van der Waals surface area contributed by atoms with Gasteiger partial charge in [-0.3, -0.25) is 4.90 Å². The molecule has 1 N–H and O–H groups in total. The molecule has 5 heteroatoms. The maximum absolute atomic E-state index is 12.0. The predicted molar refractivity (Wildman–Crippen MR) is 68.1 cm³/mol. The van der Waals surface area contributed by atoms with Crippen molar-refractivity contribution in [3.63, 3.8) is 0 Å². The molecular weight excluding hydrogens is 252 g/mol. The topological polar surface area (TPSA) is 32.7 Å². The number of benzene rings is 1. The number of hydrogen-bond acceptors (Lipinski definition) is 3. The summed E-state index contributed by atoms with van der Waals surface area (Å²) in [5, 5.41) is 9.84. The van der Waals surface area contributed by atoms with Crippen LogP contribution in [0.2, 0.25) is 0 Å². The molecule has 3 nitrogen and oxygen atoms in total. The van der Waals surface area contributed by atoms with Gasteiger partial charge in [-0.1, -0.05) is 12.1 Å². The van der Waals surface area contributed by atoms with Gasteiger partial charge < -0.3 is 9.84 Å². The third kappa shape index (κ3) is 4.76. The fraction of sp³-hybridized carbons (Fsp3) is 0.571. The minimum absolute atomic E-state index is 0.166. The Morgan fingerprint density at radius 2 is 1.95 bits per heavy atom. The normalized spacial score (nSPS) is 16.9. The minimum atomic E-state index is -2.79. The van der Waals surface area contributed by atoms with Gasteiger partial charge in [0.25, 0.3) is 0 Å². The van der Waals surface area contributed by atoms with E-state index in [0.29, 0.717) is 19.0 Å². The summed E-state index contributed by atoms with van der Waals surface area (Å²) in [7, 11) is 1.94. The number of ether oxygens (including phenoxy) is 1. The van der Waals surface area contributed by atoms with Gasteiger partial charge in [0.05, 0.1) is 6.10 Å². The largest absolute Gasteiger partial charge is 0.435 e. The molecule has 0 amide bonds. The number of rotatable bonds is 7. The molecule has 0 bridgehead atoms. The number of aliphatic hydroxyl groups excluding tert-OH is 1. The Labute approximate surface area is 111 Å². The lowest BCUT2D eigenvalue weighted by Gasteiger charge is -2.20. The van der Waals surface area contributed by atoms with Crippen molar-refractivity contribution in [3.05, 3.63) is 29.8 Å². The monoisotopic (exact) mass is 271 g/mol. The molecule has 0 spiro atoms. The molecule has 106 valence electrons. The molecule has 19 heavy (non-hydrogen) atoms. The van der Waals surface area contributed by atoms with Crippen LogP contribution in [0.5, 0.6) is 5.75 Å². The number of nitrogens with zero attached hydrogens (tertiary/aromatic N) is 1. The van der Waals surface area contributed by atoms with E-state index in [2.05, 4.69) is 4.74 Å². The summed E-state index contributed by atoms with van der Waals surface area (Å²) in [6.07, 6.45) is 1.98. The van der Waals surface area contributed by atoms with Crippen LogP contribution < -0.4 is 4.74 Å². The zero-order valence-electron chi connectivity index (χ0n) is 10.9. The number of alkyl halides is 2. The van der Waals surface area contributed by atoms with Gasteiger partial charge in [-0.15, -0.1) is 0 Å². The Kier molecular flexibility index (Phi) is 4.71. The van der Waals surface area contributed by atoms with Crippen LogP contribution in [-0.4, -0.2) is 36.3 Å². The molecule has 1 aliphatic carbocycles. The first kappa shape index (κ1) is 14.2. The minimum Gasteiger partial charge on any atom is -0.435 e. The molecule has 2 rings (SSSR count). The second-order valence-corrected chi connectivity index (χ2v) is 5.12. The molecule has 0 saturated heterocycles. The van der Waals surface area contributed by atoms with Crippen molar-refractivity contribution in [2.45, 2.75) is 32.1 Å². The maximum Gasteiger partial charge on any atom is 0.387 e. The Hall–Kier alpha value is -1.20. The van der Waals surface area contributed by atoms with E-state index >= 15 is 0 Å². The van der Waals surface area contributed by atoms with Crippen molar-refractivity contribution in [2.75, 3.05) is 13.6 Å². The van der Waals surface area contributed by atoms with E-state index in [4.69, 9.17) is 0 Å².